The molecule has 0 unspecified atom stereocenters. The van der Waals surface area contributed by atoms with Crippen LogP contribution >= 0.6 is 0 Å². The number of nitrogens with one attached hydrogen (secondary N) is 1. The molecule has 2 saturated carbocycles. The molecule has 3 fully saturated rings. The molecule has 0 aromatic carbocycles. The van der Waals surface area contributed by atoms with Crippen molar-refractivity contribution < 1.29 is 18.8 Å². The van der Waals surface area contributed by atoms with Crippen LogP contribution in [0.3, 0.4) is 0 Å². The Balaban J connectivity index is 1.22. The Hall–Kier alpha value is -2.37. The molecule has 6 rings (SSSR count). The highest BCUT2D eigenvalue weighted by molar-refractivity contribution is 6.06. The lowest BCUT2D eigenvalue weighted by Crippen LogP contribution is -2.40. The van der Waals surface area contributed by atoms with Crippen LogP contribution in [-0.4, -0.2) is 29.2 Å². The van der Waals surface area contributed by atoms with Gasteiger partial charge in [0.1, 0.15) is 5.76 Å². The average molecular weight is 340 g/mol. The van der Waals surface area contributed by atoms with E-state index in [0.717, 1.165) is 6.42 Å². The highest BCUT2D eigenvalue weighted by Crippen LogP contribution is 2.65. The zero-order chi connectivity index (χ0) is 17.1. The number of rotatable bonds is 5. The molecule has 0 radical (unpaired) electrons. The van der Waals surface area contributed by atoms with Gasteiger partial charge in [-0.3, -0.25) is 19.3 Å². The number of furan rings is 1. The van der Waals surface area contributed by atoms with Gasteiger partial charge >= 0.3 is 0 Å². The van der Waals surface area contributed by atoms with Crippen LogP contribution in [0.15, 0.2) is 35.0 Å². The summed E-state index contributed by atoms with van der Waals surface area (Å²) in [6.07, 6.45) is 7.16. The Morgan fingerprint density at radius 3 is 2.44 bits per heavy atom. The SMILES string of the molecule is O=C(CCN1C(=O)[C@@H]2[C@H]3C=C[C@@H]([C@@H]4C[C@H]34)[C@H]2C1=O)NCc1ccco1. The lowest BCUT2D eigenvalue weighted by Gasteiger charge is -2.37. The summed E-state index contributed by atoms with van der Waals surface area (Å²) in [5.41, 5.74) is 0. The van der Waals surface area contributed by atoms with Crippen molar-refractivity contribution in [1.29, 1.82) is 0 Å². The summed E-state index contributed by atoms with van der Waals surface area (Å²) in [7, 11) is 0. The van der Waals surface area contributed by atoms with Gasteiger partial charge < -0.3 is 9.73 Å². The van der Waals surface area contributed by atoms with Crippen molar-refractivity contribution in [1.82, 2.24) is 10.2 Å². The summed E-state index contributed by atoms with van der Waals surface area (Å²) in [5.74, 6) is 1.65. The Morgan fingerprint density at radius 1 is 1.16 bits per heavy atom. The van der Waals surface area contributed by atoms with Crippen LogP contribution in [0.4, 0.5) is 0 Å². The zero-order valence-corrected chi connectivity index (χ0v) is 13.8. The van der Waals surface area contributed by atoms with Crippen molar-refractivity contribution in [3.8, 4) is 0 Å². The number of carbonyl (C=O) groups excluding carboxylic acids is 3. The van der Waals surface area contributed by atoms with Crippen LogP contribution in [0.1, 0.15) is 18.6 Å². The number of nitrogens with zero attached hydrogens (tertiary/aromatic N) is 1. The van der Waals surface area contributed by atoms with Gasteiger partial charge in [0.15, 0.2) is 0 Å². The Morgan fingerprint density at radius 2 is 1.84 bits per heavy atom. The van der Waals surface area contributed by atoms with E-state index in [1.165, 1.54) is 4.90 Å². The van der Waals surface area contributed by atoms with Gasteiger partial charge in [-0.1, -0.05) is 12.2 Å². The maximum atomic E-state index is 12.8. The van der Waals surface area contributed by atoms with E-state index in [0.29, 0.717) is 24.1 Å². The van der Waals surface area contributed by atoms with E-state index in [2.05, 4.69) is 17.5 Å². The second-order valence-corrected chi connectivity index (χ2v) is 7.59. The largest absolute Gasteiger partial charge is 0.467 e. The van der Waals surface area contributed by atoms with Gasteiger partial charge in [0.25, 0.3) is 0 Å². The Labute approximate surface area is 145 Å². The van der Waals surface area contributed by atoms with Crippen molar-refractivity contribution in [2.75, 3.05) is 6.54 Å². The fraction of sp³-hybridized carbons (Fsp3) is 0.526. The normalized spacial score (nSPS) is 37.2. The van der Waals surface area contributed by atoms with E-state index in [1.54, 1.807) is 18.4 Å². The average Bonchev–Trinajstić information content (AvgIpc) is 3.22. The summed E-state index contributed by atoms with van der Waals surface area (Å²) in [6.45, 7) is 0.486. The van der Waals surface area contributed by atoms with Crippen LogP contribution in [0, 0.1) is 35.5 Å². The van der Waals surface area contributed by atoms with Gasteiger partial charge in [-0.05, 0) is 42.2 Å². The van der Waals surface area contributed by atoms with E-state index in [1.807, 2.05) is 0 Å². The minimum absolute atomic E-state index is 0.0708. The maximum absolute atomic E-state index is 12.8. The van der Waals surface area contributed by atoms with Crippen LogP contribution < -0.4 is 5.32 Å². The summed E-state index contributed by atoms with van der Waals surface area (Å²) in [5, 5.41) is 2.75. The molecule has 0 spiro atoms. The maximum Gasteiger partial charge on any atom is 0.233 e. The quantitative estimate of drug-likeness (QED) is 0.648. The van der Waals surface area contributed by atoms with Gasteiger partial charge in [-0.15, -0.1) is 0 Å². The molecule has 1 aromatic heterocycles. The number of likely N-dealkylation sites (tertiary alicyclic amines) is 1. The minimum atomic E-state index is -0.184. The first-order valence-corrected chi connectivity index (χ1v) is 8.98. The summed E-state index contributed by atoms with van der Waals surface area (Å²) in [4.78, 5) is 38.9. The number of carbonyl (C=O) groups is 3. The number of allylic oxidation sites excluding steroid dienone is 2. The predicted molar refractivity (Wildman–Crippen MR) is 86.6 cm³/mol. The Kier molecular flexibility index (Phi) is 3.17. The zero-order valence-electron chi connectivity index (χ0n) is 13.8. The molecule has 1 saturated heterocycles. The van der Waals surface area contributed by atoms with Crippen molar-refractivity contribution in [2.45, 2.75) is 19.4 Å². The summed E-state index contributed by atoms with van der Waals surface area (Å²) >= 11 is 0. The standard InChI is InChI=1S/C19H20N2O4/c22-15(20-9-10-2-1-7-25-10)5-6-21-18(23)16-11-3-4-12(14-8-13(11)14)17(16)19(21)24/h1-4,7,11-14,16-17H,5-6,8-9H2,(H,20,22)/t11-,12-,13-,14+,16+,17+/m0/s1. The van der Waals surface area contributed by atoms with Gasteiger partial charge in [-0.25, -0.2) is 0 Å². The molecule has 4 aliphatic carbocycles. The highest BCUT2D eigenvalue weighted by atomic mass is 16.3. The molecule has 2 heterocycles. The van der Waals surface area contributed by atoms with E-state index in [4.69, 9.17) is 4.42 Å². The lowest BCUT2D eigenvalue weighted by atomic mass is 9.63. The Bertz CT molecular complexity index is 732. The molecule has 1 N–H and O–H groups in total. The van der Waals surface area contributed by atoms with Crippen molar-refractivity contribution in [2.24, 2.45) is 35.5 Å². The molecule has 2 bridgehead atoms. The second kappa shape index (κ2) is 5.31. The van der Waals surface area contributed by atoms with Gasteiger partial charge in [0.05, 0.1) is 24.6 Å². The van der Waals surface area contributed by atoms with Gasteiger partial charge in [0, 0.05) is 13.0 Å². The highest BCUT2D eigenvalue weighted by Gasteiger charge is 2.66. The van der Waals surface area contributed by atoms with Crippen LogP contribution in [0.2, 0.25) is 0 Å². The van der Waals surface area contributed by atoms with E-state index in [9.17, 15) is 14.4 Å². The molecule has 1 aliphatic heterocycles. The topological polar surface area (TPSA) is 79.6 Å². The van der Waals surface area contributed by atoms with Crippen molar-refractivity contribution in [3.63, 3.8) is 0 Å². The van der Waals surface area contributed by atoms with Crippen molar-refractivity contribution in [3.05, 3.63) is 36.3 Å². The summed E-state index contributed by atoms with van der Waals surface area (Å²) < 4.78 is 5.16. The summed E-state index contributed by atoms with van der Waals surface area (Å²) in [6, 6.07) is 3.55. The fourth-order valence-corrected chi connectivity index (χ4v) is 5.14. The monoisotopic (exact) mass is 340 g/mol. The molecule has 6 nitrogen and oxygen atoms in total. The molecule has 25 heavy (non-hydrogen) atoms. The molecule has 130 valence electrons. The van der Waals surface area contributed by atoms with E-state index < -0.39 is 0 Å². The molecular weight excluding hydrogens is 320 g/mol. The fourth-order valence-electron chi connectivity index (χ4n) is 5.14. The first-order chi connectivity index (χ1) is 12.1. The number of hydrogen-bond donors (Lipinski definition) is 1. The molecular formula is C19H20N2O4. The van der Waals surface area contributed by atoms with Gasteiger partial charge in [-0.2, -0.15) is 0 Å². The molecule has 3 amide bonds. The van der Waals surface area contributed by atoms with E-state index >= 15 is 0 Å². The van der Waals surface area contributed by atoms with Crippen molar-refractivity contribution >= 4 is 17.7 Å². The second-order valence-electron chi connectivity index (χ2n) is 7.59. The number of hydrogen-bond acceptors (Lipinski definition) is 4. The third kappa shape index (κ3) is 2.19. The first kappa shape index (κ1) is 14.9. The smallest absolute Gasteiger partial charge is 0.233 e. The molecule has 1 aromatic rings. The number of amides is 3. The van der Waals surface area contributed by atoms with E-state index in [-0.39, 0.29) is 54.4 Å². The number of imide groups is 1. The van der Waals surface area contributed by atoms with Crippen LogP contribution in [0.25, 0.3) is 0 Å². The van der Waals surface area contributed by atoms with Crippen LogP contribution in [0.5, 0.6) is 0 Å². The first-order valence-electron chi connectivity index (χ1n) is 8.98. The van der Waals surface area contributed by atoms with Crippen LogP contribution in [-0.2, 0) is 20.9 Å². The molecule has 6 atom stereocenters. The third-order valence-corrected chi connectivity index (χ3v) is 6.36. The predicted octanol–water partition coefficient (Wildman–Crippen LogP) is 1.34. The molecule has 6 heteroatoms. The third-order valence-electron chi connectivity index (χ3n) is 6.36. The minimum Gasteiger partial charge on any atom is -0.467 e. The lowest BCUT2D eigenvalue weighted by molar-refractivity contribution is -0.140. The molecule has 5 aliphatic rings. The van der Waals surface area contributed by atoms with Gasteiger partial charge in [0.2, 0.25) is 17.7 Å².